The number of ether oxygens (including phenoxy) is 1. The third kappa shape index (κ3) is 4.77. The van der Waals surface area contributed by atoms with E-state index in [1.165, 1.54) is 15.6 Å². The maximum Gasteiger partial charge on any atom is 0.420 e. The molecule has 0 fully saturated rings. The van der Waals surface area contributed by atoms with Crippen molar-refractivity contribution < 1.29 is 27.8 Å². The van der Waals surface area contributed by atoms with Gasteiger partial charge < -0.3 is 14.7 Å². The summed E-state index contributed by atoms with van der Waals surface area (Å²) in [5, 5.41) is 13.8. The van der Waals surface area contributed by atoms with Crippen LogP contribution in [0, 0.1) is 6.92 Å². The molecule has 1 aliphatic rings. The molecule has 28 heavy (non-hydrogen) atoms. The highest BCUT2D eigenvalue weighted by Gasteiger charge is 2.41. The first-order chi connectivity index (χ1) is 13.1. The van der Waals surface area contributed by atoms with Crippen molar-refractivity contribution in [3.05, 3.63) is 51.8 Å². The van der Waals surface area contributed by atoms with Crippen LogP contribution < -0.4 is 0 Å². The molecule has 0 saturated heterocycles. The van der Waals surface area contributed by atoms with Gasteiger partial charge in [0.1, 0.15) is 12.3 Å². The molecule has 0 saturated carbocycles. The largest absolute Gasteiger partial charge is 0.445 e. The van der Waals surface area contributed by atoms with Gasteiger partial charge in [-0.2, -0.15) is 18.3 Å². The molecule has 0 bridgehead atoms. The minimum atomic E-state index is -4.80. The number of aliphatic hydroxyl groups is 1. The van der Waals surface area contributed by atoms with Gasteiger partial charge in [-0.25, -0.2) is 4.79 Å². The molecule has 1 amide bonds. The third-order valence-corrected chi connectivity index (χ3v) is 4.56. The maximum atomic E-state index is 12.7. The number of benzene rings is 1. The molecule has 2 heterocycles. The number of alkyl halides is 3. The van der Waals surface area contributed by atoms with E-state index in [0.29, 0.717) is 30.2 Å². The number of rotatable bonds is 3. The average molecular weight is 418 g/mol. The summed E-state index contributed by atoms with van der Waals surface area (Å²) in [6, 6.07) is 6.51. The zero-order chi connectivity index (χ0) is 20.5. The van der Waals surface area contributed by atoms with Crippen LogP contribution in [0.3, 0.4) is 0 Å². The van der Waals surface area contributed by atoms with Crippen molar-refractivity contribution in [1.29, 1.82) is 0 Å². The Morgan fingerprint density at radius 2 is 2.07 bits per heavy atom. The topological polar surface area (TPSA) is 67.6 Å². The van der Waals surface area contributed by atoms with Crippen LogP contribution in [0.2, 0.25) is 5.02 Å². The lowest BCUT2D eigenvalue weighted by atomic mass is 10.1. The van der Waals surface area contributed by atoms with Crippen molar-refractivity contribution in [3.63, 3.8) is 0 Å². The van der Waals surface area contributed by atoms with E-state index in [1.54, 1.807) is 12.1 Å². The van der Waals surface area contributed by atoms with E-state index < -0.39 is 24.1 Å². The van der Waals surface area contributed by atoms with Crippen LogP contribution in [0.5, 0.6) is 0 Å². The highest BCUT2D eigenvalue weighted by Crippen LogP contribution is 2.32. The number of nitrogens with zero attached hydrogens (tertiary/aromatic N) is 3. The molecule has 1 aromatic carbocycles. The SMILES string of the molecule is Cc1cc(Cl)cc(COC(=O)N2CCCn3nc(C(O)C(F)(F)F)cc3C2)c1. The maximum absolute atomic E-state index is 12.7. The predicted molar refractivity (Wildman–Crippen MR) is 94.6 cm³/mol. The molecule has 0 aliphatic carbocycles. The molecule has 152 valence electrons. The summed E-state index contributed by atoms with van der Waals surface area (Å²) in [7, 11) is 0. The number of aryl methyl sites for hydroxylation is 2. The quantitative estimate of drug-likeness (QED) is 0.820. The Hall–Kier alpha value is -2.26. The van der Waals surface area contributed by atoms with Crippen molar-refractivity contribution in [2.24, 2.45) is 0 Å². The van der Waals surface area contributed by atoms with Gasteiger partial charge in [0.25, 0.3) is 0 Å². The molecule has 0 radical (unpaired) electrons. The van der Waals surface area contributed by atoms with Crippen molar-refractivity contribution in [1.82, 2.24) is 14.7 Å². The summed E-state index contributed by atoms with van der Waals surface area (Å²) in [5.74, 6) is 0. The van der Waals surface area contributed by atoms with E-state index in [9.17, 15) is 23.1 Å². The van der Waals surface area contributed by atoms with Gasteiger partial charge in [0, 0.05) is 18.1 Å². The van der Waals surface area contributed by atoms with E-state index in [-0.39, 0.29) is 13.2 Å². The Morgan fingerprint density at radius 1 is 1.32 bits per heavy atom. The molecule has 0 spiro atoms. The Bertz CT molecular complexity index is 849. The van der Waals surface area contributed by atoms with Gasteiger partial charge in [0.05, 0.1) is 12.2 Å². The molecule has 2 aromatic rings. The van der Waals surface area contributed by atoms with E-state index >= 15 is 0 Å². The van der Waals surface area contributed by atoms with Crippen LogP contribution >= 0.6 is 11.6 Å². The fourth-order valence-corrected chi connectivity index (χ4v) is 3.39. The zero-order valence-corrected chi connectivity index (χ0v) is 15.8. The lowest BCUT2D eigenvalue weighted by molar-refractivity contribution is -0.208. The molecule has 1 unspecified atom stereocenters. The second kappa shape index (κ2) is 8.00. The first-order valence-electron chi connectivity index (χ1n) is 8.62. The number of hydrogen-bond acceptors (Lipinski definition) is 4. The number of carbonyl (C=O) groups is 1. The van der Waals surface area contributed by atoms with E-state index in [1.807, 2.05) is 13.0 Å². The van der Waals surface area contributed by atoms with Crippen molar-refractivity contribution in [3.8, 4) is 0 Å². The Labute approximate surface area is 164 Å². The molecule has 3 rings (SSSR count). The zero-order valence-electron chi connectivity index (χ0n) is 15.0. The van der Waals surface area contributed by atoms with Crippen LogP contribution in [0.1, 0.15) is 35.0 Å². The fraction of sp³-hybridized carbons (Fsp3) is 0.444. The average Bonchev–Trinajstić information content (AvgIpc) is 2.88. The first kappa shape index (κ1) is 20.5. The second-order valence-electron chi connectivity index (χ2n) is 6.69. The summed E-state index contributed by atoms with van der Waals surface area (Å²) < 4.78 is 44.8. The number of aliphatic hydroxyl groups excluding tert-OH is 1. The Balaban J connectivity index is 1.67. The molecular weight excluding hydrogens is 399 g/mol. The van der Waals surface area contributed by atoms with E-state index in [0.717, 1.165) is 11.1 Å². The predicted octanol–water partition coefficient (Wildman–Crippen LogP) is 3.98. The van der Waals surface area contributed by atoms with Gasteiger partial charge in [-0.3, -0.25) is 4.68 Å². The molecule has 1 aliphatic heterocycles. The molecule has 10 heteroatoms. The second-order valence-corrected chi connectivity index (χ2v) is 7.13. The van der Waals surface area contributed by atoms with Crippen molar-refractivity contribution in [2.75, 3.05) is 6.54 Å². The lowest BCUT2D eigenvalue weighted by Crippen LogP contribution is -2.31. The number of amides is 1. The van der Waals surface area contributed by atoms with Gasteiger partial charge in [0.2, 0.25) is 0 Å². The van der Waals surface area contributed by atoms with E-state index in [4.69, 9.17) is 16.3 Å². The van der Waals surface area contributed by atoms with E-state index in [2.05, 4.69) is 5.10 Å². The number of hydrogen-bond donors (Lipinski definition) is 1. The van der Waals surface area contributed by atoms with Gasteiger partial charge >= 0.3 is 12.3 Å². The number of carbonyl (C=O) groups excluding carboxylic acids is 1. The Morgan fingerprint density at radius 3 is 2.75 bits per heavy atom. The third-order valence-electron chi connectivity index (χ3n) is 4.35. The lowest BCUT2D eigenvalue weighted by Gasteiger charge is -2.19. The minimum Gasteiger partial charge on any atom is -0.445 e. The molecule has 1 N–H and O–H groups in total. The van der Waals surface area contributed by atoms with Crippen LogP contribution in [-0.4, -0.2) is 38.6 Å². The normalized spacial score (nSPS) is 15.7. The van der Waals surface area contributed by atoms with Crippen LogP contribution in [0.15, 0.2) is 24.3 Å². The van der Waals surface area contributed by atoms with Gasteiger partial charge in [-0.15, -0.1) is 0 Å². The van der Waals surface area contributed by atoms with Gasteiger partial charge in [-0.05, 0) is 42.7 Å². The van der Waals surface area contributed by atoms with Crippen LogP contribution in [-0.2, 0) is 24.4 Å². The summed E-state index contributed by atoms with van der Waals surface area (Å²) in [6.45, 7) is 2.68. The van der Waals surface area contributed by atoms with Crippen molar-refractivity contribution >= 4 is 17.7 Å². The number of halogens is 4. The summed E-state index contributed by atoms with van der Waals surface area (Å²) in [6.07, 6.45) is -7.53. The molecule has 1 aromatic heterocycles. The van der Waals surface area contributed by atoms with Crippen LogP contribution in [0.25, 0.3) is 0 Å². The van der Waals surface area contributed by atoms with Crippen molar-refractivity contribution in [2.45, 2.75) is 45.3 Å². The monoisotopic (exact) mass is 417 g/mol. The summed E-state index contributed by atoms with van der Waals surface area (Å²) in [4.78, 5) is 13.8. The van der Waals surface area contributed by atoms with Gasteiger partial charge in [-0.1, -0.05) is 17.7 Å². The Kier molecular flexibility index (Phi) is 5.85. The number of fused-ring (bicyclic) bond motifs is 1. The highest BCUT2D eigenvalue weighted by atomic mass is 35.5. The number of aromatic nitrogens is 2. The molecule has 6 nitrogen and oxygen atoms in total. The summed E-state index contributed by atoms with van der Waals surface area (Å²) >= 11 is 5.99. The fourth-order valence-electron chi connectivity index (χ4n) is 3.07. The first-order valence-corrected chi connectivity index (χ1v) is 9.00. The van der Waals surface area contributed by atoms with Gasteiger partial charge in [0.15, 0.2) is 6.10 Å². The highest BCUT2D eigenvalue weighted by molar-refractivity contribution is 6.30. The molecule has 1 atom stereocenters. The van der Waals surface area contributed by atoms with Crippen LogP contribution in [0.4, 0.5) is 18.0 Å². The molecular formula is C18H19ClF3N3O3. The summed E-state index contributed by atoms with van der Waals surface area (Å²) in [5.41, 5.74) is 1.61. The minimum absolute atomic E-state index is 0.0357. The standard InChI is InChI=1S/C18H19ClF3N3O3/c1-11-5-12(7-13(19)6-11)10-28-17(27)24-3-2-4-25-14(9-24)8-15(23-25)16(26)18(20,21)22/h5-8,16,26H,2-4,9-10H2,1H3. The smallest absolute Gasteiger partial charge is 0.420 e.